The SMILES string of the molecule is CCOC(=O)/C=C/C=C/c1cc(Cn2ccnc2)c(O)c(OC)c1. The number of esters is 1. The molecule has 0 spiro atoms. The molecular formula is C18H20N2O4. The number of hydrogen-bond acceptors (Lipinski definition) is 5. The molecule has 0 unspecified atom stereocenters. The molecular weight excluding hydrogens is 308 g/mol. The maximum Gasteiger partial charge on any atom is 0.330 e. The van der Waals surface area contributed by atoms with Crippen molar-refractivity contribution in [1.82, 2.24) is 9.55 Å². The number of carbonyl (C=O) groups is 1. The van der Waals surface area contributed by atoms with E-state index in [1.165, 1.54) is 13.2 Å². The van der Waals surface area contributed by atoms with Crippen molar-refractivity contribution in [3.63, 3.8) is 0 Å². The van der Waals surface area contributed by atoms with Crippen molar-refractivity contribution in [2.75, 3.05) is 13.7 Å². The average molecular weight is 328 g/mol. The van der Waals surface area contributed by atoms with Gasteiger partial charge in [-0.3, -0.25) is 0 Å². The van der Waals surface area contributed by atoms with E-state index >= 15 is 0 Å². The number of methoxy groups -OCH3 is 1. The average Bonchev–Trinajstić information content (AvgIpc) is 3.07. The summed E-state index contributed by atoms with van der Waals surface area (Å²) in [6.07, 6.45) is 11.7. The van der Waals surface area contributed by atoms with Gasteiger partial charge in [0.05, 0.1) is 26.6 Å². The number of imidazole rings is 1. The molecule has 0 fully saturated rings. The van der Waals surface area contributed by atoms with Crippen LogP contribution in [-0.4, -0.2) is 34.3 Å². The monoisotopic (exact) mass is 328 g/mol. The molecule has 0 saturated carbocycles. The molecule has 0 aliphatic heterocycles. The number of nitrogens with zero attached hydrogens (tertiary/aromatic N) is 2. The zero-order valence-corrected chi connectivity index (χ0v) is 13.7. The Morgan fingerprint density at radius 1 is 1.38 bits per heavy atom. The van der Waals surface area contributed by atoms with Crippen LogP contribution in [0.2, 0.25) is 0 Å². The number of phenols is 1. The Morgan fingerprint density at radius 2 is 2.21 bits per heavy atom. The van der Waals surface area contributed by atoms with Crippen LogP contribution in [0.4, 0.5) is 0 Å². The predicted octanol–water partition coefficient (Wildman–Crippen LogP) is 2.78. The molecule has 1 heterocycles. The Bertz CT molecular complexity index is 734. The van der Waals surface area contributed by atoms with Crippen molar-refractivity contribution in [3.8, 4) is 11.5 Å². The van der Waals surface area contributed by atoms with E-state index < -0.39 is 0 Å². The van der Waals surface area contributed by atoms with Crippen LogP contribution in [0.15, 0.2) is 49.1 Å². The number of allylic oxidation sites excluding steroid dienone is 2. The molecule has 1 aromatic heterocycles. The first kappa shape index (κ1) is 17.3. The Labute approximate surface area is 140 Å². The van der Waals surface area contributed by atoms with Crippen LogP contribution in [-0.2, 0) is 16.1 Å². The summed E-state index contributed by atoms with van der Waals surface area (Å²) in [7, 11) is 1.50. The molecule has 2 aromatic rings. The van der Waals surface area contributed by atoms with Gasteiger partial charge in [-0.1, -0.05) is 18.2 Å². The van der Waals surface area contributed by atoms with Gasteiger partial charge in [0.2, 0.25) is 0 Å². The third kappa shape index (κ3) is 4.74. The third-order valence-electron chi connectivity index (χ3n) is 3.23. The van der Waals surface area contributed by atoms with E-state index in [0.29, 0.717) is 24.5 Å². The molecule has 0 radical (unpaired) electrons. The smallest absolute Gasteiger partial charge is 0.330 e. The summed E-state index contributed by atoms with van der Waals surface area (Å²) < 4.78 is 11.9. The second-order valence-electron chi connectivity index (χ2n) is 4.94. The lowest BCUT2D eigenvalue weighted by atomic mass is 10.1. The first-order valence-electron chi connectivity index (χ1n) is 7.51. The normalized spacial score (nSPS) is 11.2. The number of carbonyl (C=O) groups excluding carboxylic acids is 1. The summed E-state index contributed by atoms with van der Waals surface area (Å²) in [6.45, 7) is 2.58. The number of aromatic hydroxyl groups is 1. The second-order valence-corrected chi connectivity index (χ2v) is 4.94. The van der Waals surface area contributed by atoms with Crippen molar-refractivity contribution in [3.05, 3.63) is 60.2 Å². The molecule has 6 nitrogen and oxygen atoms in total. The fourth-order valence-electron chi connectivity index (χ4n) is 2.13. The molecule has 0 aliphatic rings. The summed E-state index contributed by atoms with van der Waals surface area (Å²) in [4.78, 5) is 15.2. The summed E-state index contributed by atoms with van der Waals surface area (Å²) in [5, 5.41) is 10.3. The fourth-order valence-corrected chi connectivity index (χ4v) is 2.13. The Morgan fingerprint density at radius 3 is 2.88 bits per heavy atom. The highest BCUT2D eigenvalue weighted by molar-refractivity contribution is 5.82. The van der Waals surface area contributed by atoms with Crippen molar-refractivity contribution in [2.24, 2.45) is 0 Å². The lowest BCUT2D eigenvalue weighted by Crippen LogP contribution is -1.99. The van der Waals surface area contributed by atoms with Crippen molar-refractivity contribution in [1.29, 1.82) is 0 Å². The van der Waals surface area contributed by atoms with Gasteiger partial charge >= 0.3 is 5.97 Å². The standard InChI is InChI=1S/C18H20N2O4/c1-3-24-17(21)7-5-4-6-14-10-15(12-20-9-8-19-13-20)18(22)16(11-14)23-2/h4-11,13,22H,3,12H2,1-2H3/b6-4+,7-5+. The van der Waals surface area contributed by atoms with Gasteiger partial charge in [0.15, 0.2) is 11.5 Å². The Hall–Kier alpha value is -3.02. The van der Waals surface area contributed by atoms with E-state index in [1.54, 1.807) is 37.7 Å². The summed E-state index contributed by atoms with van der Waals surface area (Å²) in [6, 6.07) is 3.58. The Balaban J connectivity index is 2.19. The van der Waals surface area contributed by atoms with Crippen LogP contribution in [0.3, 0.4) is 0 Å². The van der Waals surface area contributed by atoms with Gasteiger partial charge in [0.1, 0.15) is 0 Å². The van der Waals surface area contributed by atoms with Gasteiger partial charge < -0.3 is 19.1 Å². The minimum Gasteiger partial charge on any atom is -0.504 e. The molecule has 24 heavy (non-hydrogen) atoms. The van der Waals surface area contributed by atoms with Gasteiger partial charge in [-0.25, -0.2) is 9.78 Å². The quantitative estimate of drug-likeness (QED) is 0.481. The summed E-state index contributed by atoms with van der Waals surface area (Å²) in [5.41, 5.74) is 1.55. The molecule has 0 bridgehead atoms. The lowest BCUT2D eigenvalue weighted by molar-refractivity contribution is -0.137. The number of benzene rings is 1. The van der Waals surface area contributed by atoms with Gasteiger partial charge in [0, 0.05) is 24.0 Å². The van der Waals surface area contributed by atoms with E-state index in [2.05, 4.69) is 4.98 Å². The largest absolute Gasteiger partial charge is 0.504 e. The summed E-state index contributed by atoms with van der Waals surface area (Å²) in [5.74, 6) is 0.110. The van der Waals surface area contributed by atoms with Crippen LogP contribution >= 0.6 is 0 Å². The molecule has 1 aromatic carbocycles. The van der Waals surface area contributed by atoms with Crippen LogP contribution < -0.4 is 4.74 Å². The predicted molar refractivity (Wildman–Crippen MR) is 90.8 cm³/mol. The van der Waals surface area contributed by atoms with Gasteiger partial charge in [-0.05, 0) is 24.6 Å². The topological polar surface area (TPSA) is 73.6 Å². The highest BCUT2D eigenvalue weighted by Crippen LogP contribution is 2.32. The maximum atomic E-state index is 11.2. The zero-order valence-electron chi connectivity index (χ0n) is 13.7. The van der Waals surface area contributed by atoms with Crippen LogP contribution in [0.5, 0.6) is 11.5 Å². The molecule has 2 rings (SSSR count). The molecule has 1 N–H and O–H groups in total. The van der Waals surface area contributed by atoms with Gasteiger partial charge in [-0.2, -0.15) is 0 Å². The number of rotatable bonds is 7. The maximum absolute atomic E-state index is 11.2. The first-order chi connectivity index (χ1) is 11.6. The number of phenolic OH excluding ortho intramolecular Hbond substituents is 1. The van der Waals surface area contributed by atoms with E-state index in [9.17, 15) is 9.90 Å². The molecule has 0 saturated heterocycles. The summed E-state index contributed by atoms with van der Waals surface area (Å²) >= 11 is 0. The van der Waals surface area contributed by atoms with Gasteiger partial charge in [0.25, 0.3) is 0 Å². The van der Waals surface area contributed by atoms with Crippen LogP contribution in [0.1, 0.15) is 18.1 Å². The van der Waals surface area contributed by atoms with E-state index in [1.807, 2.05) is 22.9 Å². The van der Waals surface area contributed by atoms with E-state index in [0.717, 1.165) is 5.56 Å². The van der Waals surface area contributed by atoms with E-state index in [-0.39, 0.29) is 11.7 Å². The number of hydrogen-bond donors (Lipinski definition) is 1. The van der Waals surface area contributed by atoms with Crippen LogP contribution in [0, 0.1) is 0 Å². The Kier molecular flexibility index (Phi) is 6.19. The minimum absolute atomic E-state index is 0.102. The molecule has 0 amide bonds. The molecule has 0 atom stereocenters. The van der Waals surface area contributed by atoms with E-state index in [4.69, 9.17) is 9.47 Å². The van der Waals surface area contributed by atoms with Crippen LogP contribution in [0.25, 0.3) is 6.08 Å². The highest BCUT2D eigenvalue weighted by Gasteiger charge is 2.10. The molecule has 126 valence electrons. The zero-order chi connectivity index (χ0) is 17.4. The molecule has 0 aliphatic carbocycles. The van der Waals surface area contributed by atoms with Crippen molar-refractivity contribution in [2.45, 2.75) is 13.5 Å². The number of ether oxygens (including phenoxy) is 2. The fraction of sp³-hybridized carbons (Fsp3) is 0.222. The third-order valence-corrected chi connectivity index (χ3v) is 3.23. The first-order valence-corrected chi connectivity index (χ1v) is 7.51. The number of aromatic nitrogens is 2. The van der Waals surface area contributed by atoms with Gasteiger partial charge in [-0.15, -0.1) is 0 Å². The lowest BCUT2D eigenvalue weighted by Gasteiger charge is -2.11. The minimum atomic E-state index is -0.383. The van der Waals surface area contributed by atoms with Crippen molar-refractivity contribution >= 4 is 12.0 Å². The highest BCUT2D eigenvalue weighted by atomic mass is 16.5. The van der Waals surface area contributed by atoms with Crippen molar-refractivity contribution < 1.29 is 19.4 Å². The second kappa shape index (κ2) is 8.57. The molecule has 6 heteroatoms.